The van der Waals surface area contributed by atoms with Crippen molar-refractivity contribution in [2.24, 2.45) is 0 Å². The molecule has 2 nitrogen and oxygen atoms in total. The van der Waals surface area contributed by atoms with E-state index in [0.29, 0.717) is 5.56 Å². The van der Waals surface area contributed by atoms with E-state index in [1.54, 1.807) is 0 Å². The summed E-state index contributed by atoms with van der Waals surface area (Å²) < 4.78 is 18.6. The number of pyridine rings is 2. The van der Waals surface area contributed by atoms with Gasteiger partial charge in [-0.15, -0.1) is 0 Å². The molecule has 0 spiro atoms. The summed E-state index contributed by atoms with van der Waals surface area (Å²) in [6, 6.07) is 22.0. The molecule has 4 aromatic rings. The first-order valence-corrected chi connectivity index (χ1v) is 8.97. The van der Waals surface area contributed by atoms with Crippen LogP contribution in [0, 0.1) is 19.7 Å². The fourth-order valence-corrected chi connectivity index (χ4v) is 3.22. The quantitative estimate of drug-likeness (QED) is 0.472. The number of hydrogen-bond acceptors (Lipinski definition) is 0. The topological polar surface area (TPSA) is 7.76 Å². The Balaban J connectivity index is 1.65. The first-order valence-electron chi connectivity index (χ1n) is 8.97. The molecule has 27 heavy (non-hydrogen) atoms. The molecule has 0 amide bonds. The van der Waals surface area contributed by atoms with Gasteiger partial charge in [0.15, 0.2) is 24.4 Å². The van der Waals surface area contributed by atoms with Crippen molar-refractivity contribution in [2.75, 3.05) is 0 Å². The van der Waals surface area contributed by atoms with Crippen molar-refractivity contribution < 1.29 is 13.5 Å². The molecule has 0 bridgehead atoms. The normalized spacial score (nSPS) is 10.8. The van der Waals surface area contributed by atoms with Gasteiger partial charge in [-0.05, 0) is 30.5 Å². The smallest absolute Gasteiger partial charge is 0.200 e. The lowest BCUT2D eigenvalue weighted by Gasteiger charge is -2.03. The van der Waals surface area contributed by atoms with Crippen molar-refractivity contribution in [3.8, 4) is 22.5 Å². The van der Waals surface area contributed by atoms with E-state index in [-0.39, 0.29) is 5.82 Å². The molecule has 0 fully saturated rings. The molecule has 0 radical (unpaired) electrons. The molecule has 0 saturated heterocycles. The Bertz CT molecular complexity index is 1100. The second kappa shape index (κ2) is 7.12. The Morgan fingerprint density at radius 2 is 1.22 bits per heavy atom. The van der Waals surface area contributed by atoms with Crippen LogP contribution in [0.5, 0.6) is 0 Å². The molecule has 2 aromatic carbocycles. The van der Waals surface area contributed by atoms with Crippen LogP contribution in [-0.4, -0.2) is 0 Å². The van der Waals surface area contributed by atoms with Crippen LogP contribution in [-0.2, 0) is 0 Å². The van der Waals surface area contributed by atoms with Crippen LogP contribution in [0.15, 0.2) is 91.5 Å². The van der Waals surface area contributed by atoms with Gasteiger partial charge < -0.3 is 0 Å². The lowest BCUT2D eigenvalue weighted by molar-refractivity contribution is -0.597. The zero-order valence-corrected chi connectivity index (χ0v) is 15.4. The van der Waals surface area contributed by atoms with E-state index in [1.165, 1.54) is 11.8 Å². The third kappa shape index (κ3) is 3.63. The van der Waals surface area contributed by atoms with Gasteiger partial charge in [-0.3, -0.25) is 0 Å². The number of nitrogens with zero attached hydrogens (tertiary/aromatic N) is 2. The molecule has 4 rings (SSSR count). The SMILES string of the molecule is Cc1cccc(-[n+]2ccc(-c3cc[n+](-c4cccc(C)c4)cc3F)cc2)c1. The predicted molar refractivity (Wildman–Crippen MR) is 104 cm³/mol. The number of rotatable bonds is 3. The fourth-order valence-electron chi connectivity index (χ4n) is 3.22. The number of aromatic nitrogens is 2. The van der Waals surface area contributed by atoms with Gasteiger partial charge in [0.05, 0.1) is 0 Å². The van der Waals surface area contributed by atoms with Crippen molar-refractivity contribution in [1.82, 2.24) is 0 Å². The van der Waals surface area contributed by atoms with Gasteiger partial charge in [0.2, 0.25) is 17.6 Å². The Morgan fingerprint density at radius 3 is 1.78 bits per heavy atom. The van der Waals surface area contributed by atoms with Crippen molar-refractivity contribution in [2.45, 2.75) is 13.8 Å². The van der Waals surface area contributed by atoms with Crippen molar-refractivity contribution in [3.63, 3.8) is 0 Å². The average molecular weight is 356 g/mol. The molecule has 0 unspecified atom stereocenters. The van der Waals surface area contributed by atoms with Gasteiger partial charge >= 0.3 is 0 Å². The largest absolute Gasteiger partial charge is 0.211 e. The number of hydrogen-bond donors (Lipinski definition) is 0. The van der Waals surface area contributed by atoms with Crippen molar-refractivity contribution >= 4 is 0 Å². The second-order valence-electron chi connectivity index (χ2n) is 6.79. The summed E-state index contributed by atoms with van der Waals surface area (Å²) in [5.41, 5.74) is 5.84. The highest BCUT2D eigenvalue weighted by atomic mass is 19.1. The number of aryl methyl sites for hydroxylation is 2. The summed E-state index contributed by atoms with van der Waals surface area (Å²) >= 11 is 0. The Hall–Kier alpha value is -3.33. The minimum atomic E-state index is -0.243. The van der Waals surface area contributed by atoms with Gasteiger partial charge in [0, 0.05) is 48.0 Å². The first kappa shape index (κ1) is 17.1. The maximum Gasteiger partial charge on any atom is 0.211 e. The third-order valence-electron chi connectivity index (χ3n) is 4.65. The molecule has 0 atom stereocenters. The van der Waals surface area contributed by atoms with Crippen LogP contribution in [0.3, 0.4) is 0 Å². The molecule has 0 aliphatic rings. The molecular weight excluding hydrogens is 335 g/mol. The molecule has 0 N–H and O–H groups in total. The highest BCUT2D eigenvalue weighted by Crippen LogP contribution is 2.20. The van der Waals surface area contributed by atoms with E-state index in [1.807, 2.05) is 83.2 Å². The van der Waals surface area contributed by atoms with Gasteiger partial charge in [0.25, 0.3) is 0 Å². The fraction of sp³-hybridized carbons (Fsp3) is 0.0833. The number of benzene rings is 2. The lowest BCUT2D eigenvalue weighted by atomic mass is 10.1. The molecule has 132 valence electrons. The van der Waals surface area contributed by atoms with Crippen molar-refractivity contribution in [3.05, 3.63) is 108 Å². The summed E-state index contributed by atoms with van der Waals surface area (Å²) in [6.45, 7) is 4.10. The summed E-state index contributed by atoms with van der Waals surface area (Å²) in [5, 5.41) is 0. The molecule has 3 heteroatoms. The molecule has 0 aliphatic carbocycles. The van der Waals surface area contributed by atoms with E-state index < -0.39 is 0 Å². The van der Waals surface area contributed by atoms with E-state index in [0.717, 1.165) is 22.5 Å². The van der Waals surface area contributed by atoms with E-state index in [9.17, 15) is 4.39 Å². The zero-order chi connectivity index (χ0) is 18.8. The van der Waals surface area contributed by atoms with Crippen LogP contribution in [0.2, 0.25) is 0 Å². The van der Waals surface area contributed by atoms with E-state index in [4.69, 9.17) is 0 Å². The van der Waals surface area contributed by atoms with Crippen LogP contribution < -0.4 is 9.13 Å². The predicted octanol–water partition coefficient (Wildman–Crippen LogP) is 4.66. The number of halogens is 1. The summed E-state index contributed by atoms with van der Waals surface area (Å²) in [4.78, 5) is 0. The van der Waals surface area contributed by atoms with Gasteiger partial charge in [-0.25, -0.2) is 0 Å². The summed E-state index contributed by atoms with van der Waals surface area (Å²) in [6.07, 6.45) is 7.36. The summed E-state index contributed by atoms with van der Waals surface area (Å²) in [5.74, 6) is -0.243. The minimum absolute atomic E-state index is 0.243. The maximum atomic E-state index is 14.8. The zero-order valence-electron chi connectivity index (χ0n) is 15.4. The van der Waals surface area contributed by atoms with Gasteiger partial charge in [-0.1, -0.05) is 24.3 Å². The van der Waals surface area contributed by atoms with E-state index >= 15 is 0 Å². The standard InChI is InChI=1S/C24H21FN2/c1-18-5-3-7-21(15-18)26-12-9-20(10-13-26)23-11-14-27(17-24(23)25)22-8-4-6-19(2)16-22/h3-17H,1-2H3/q+2. The molecule has 0 saturated carbocycles. The maximum absolute atomic E-state index is 14.8. The monoisotopic (exact) mass is 356 g/mol. The first-order chi connectivity index (χ1) is 13.1. The minimum Gasteiger partial charge on any atom is -0.200 e. The molecule has 2 aromatic heterocycles. The molecule has 0 aliphatic heterocycles. The van der Waals surface area contributed by atoms with Crippen LogP contribution in [0.25, 0.3) is 22.5 Å². The lowest BCUT2D eigenvalue weighted by Crippen LogP contribution is -2.30. The Labute approximate surface area is 158 Å². The highest BCUT2D eigenvalue weighted by Gasteiger charge is 2.14. The van der Waals surface area contributed by atoms with Crippen LogP contribution in [0.4, 0.5) is 4.39 Å². The molecular formula is C24H21FN2+2. The summed E-state index contributed by atoms with van der Waals surface area (Å²) in [7, 11) is 0. The van der Waals surface area contributed by atoms with Gasteiger partial charge in [-0.2, -0.15) is 13.5 Å². The van der Waals surface area contributed by atoms with Crippen LogP contribution in [0.1, 0.15) is 11.1 Å². The molecule has 2 heterocycles. The van der Waals surface area contributed by atoms with Crippen LogP contribution >= 0.6 is 0 Å². The average Bonchev–Trinajstić information content (AvgIpc) is 2.68. The van der Waals surface area contributed by atoms with E-state index in [2.05, 4.69) is 25.1 Å². The second-order valence-corrected chi connectivity index (χ2v) is 6.79. The Kier molecular flexibility index (Phi) is 4.51. The third-order valence-corrected chi connectivity index (χ3v) is 4.65. The van der Waals surface area contributed by atoms with Gasteiger partial charge in [0.1, 0.15) is 0 Å². The highest BCUT2D eigenvalue weighted by molar-refractivity contribution is 5.62. The Morgan fingerprint density at radius 1 is 0.667 bits per heavy atom. The van der Waals surface area contributed by atoms with Crippen molar-refractivity contribution in [1.29, 1.82) is 0 Å².